The van der Waals surface area contributed by atoms with Crippen molar-refractivity contribution in [3.05, 3.63) is 41.4 Å². The largest absolute Gasteiger partial charge is 0.435 e. The molecule has 0 spiro atoms. The third-order valence-corrected chi connectivity index (χ3v) is 4.49. The highest BCUT2D eigenvalue weighted by molar-refractivity contribution is 7.13. The Morgan fingerprint density at radius 2 is 2.08 bits per heavy atom. The van der Waals surface area contributed by atoms with Gasteiger partial charge >= 0.3 is 6.61 Å². The Labute approximate surface area is 146 Å². The lowest BCUT2D eigenvalue weighted by Crippen LogP contribution is -2.43. The van der Waals surface area contributed by atoms with Gasteiger partial charge in [-0.1, -0.05) is 0 Å². The van der Waals surface area contributed by atoms with Crippen LogP contribution in [-0.2, 0) is 4.79 Å². The standard InChI is InChI=1S/C16H15F2N3O3S/c17-15(18)24-11-5-3-10(4-6-11)14(23)21-8-1-2-12(21)13(22)20-16-19-7-9-25-16/h3-7,9,12,15H,1-2,8H2,(H,19,20,22)/t12-/m0/s1. The van der Waals surface area contributed by atoms with Crippen molar-refractivity contribution in [2.45, 2.75) is 25.5 Å². The zero-order chi connectivity index (χ0) is 17.8. The Kier molecular flexibility index (Phi) is 5.22. The van der Waals surface area contributed by atoms with Gasteiger partial charge in [-0.15, -0.1) is 11.3 Å². The lowest BCUT2D eigenvalue weighted by Gasteiger charge is -2.23. The fourth-order valence-corrected chi connectivity index (χ4v) is 3.23. The Balaban J connectivity index is 1.68. The SMILES string of the molecule is O=C(Nc1nccs1)[C@@H]1CCCN1C(=O)c1ccc(OC(F)F)cc1. The summed E-state index contributed by atoms with van der Waals surface area (Å²) in [6, 6.07) is 4.86. The molecule has 0 saturated carbocycles. The molecule has 132 valence electrons. The Morgan fingerprint density at radius 3 is 2.72 bits per heavy atom. The zero-order valence-electron chi connectivity index (χ0n) is 13.0. The molecule has 0 aliphatic carbocycles. The number of nitrogens with zero attached hydrogens (tertiary/aromatic N) is 2. The van der Waals surface area contributed by atoms with E-state index in [9.17, 15) is 18.4 Å². The fourth-order valence-electron chi connectivity index (χ4n) is 2.70. The summed E-state index contributed by atoms with van der Waals surface area (Å²) in [7, 11) is 0. The van der Waals surface area contributed by atoms with Crippen molar-refractivity contribution in [1.82, 2.24) is 9.88 Å². The third kappa shape index (κ3) is 4.11. The Hall–Kier alpha value is -2.55. The van der Waals surface area contributed by atoms with Gasteiger partial charge in [-0.05, 0) is 37.1 Å². The van der Waals surface area contributed by atoms with Gasteiger partial charge in [0.15, 0.2) is 5.13 Å². The number of anilines is 1. The van der Waals surface area contributed by atoms with Gasteiger partial charge < -0.3 is 15.0 Å². The van der Waals surface area contributed by atoms with Gasteiger partial charge in [0.05, 0.1) is 0 Å². The summed E-state index contributed by atoms with van der Waals surface area (Å²) in [6.45, 7) is -2.46. The molecule has 9 heteroatoms. The first-order valence-electron chi connectivity index (χ1n) is 7.61. The van der Waals surface area contributed by atoms with Crippen LogP contribution in [0.1, 0.15) is 23.2 Å². The van der Waals surface area contributed by atoms with Crippen LogP contribution < -0.4 is 10.1 Å². The molecule has 1 atom stereocenters. The molecule has 0 bridgehead atoms. The summed E-state index contributed by atoms with van der Waals surface area (Å²) in [5.41, 5.74) is 0.315. The van der Waals surface area contributed by atoms with Crippen LogP contribution in [0.25, 0.3) is 0 Å². The van der Waals surface area contributed by atoms with E-state index in [1.54, 1.807) is 11.6 Å². The van der Waals surface area contributed by atoms with E-state index in [0.717, 1.165) is 0 Å². The average molecular weight is 367 g/mol. The molecule has 2 heterocycles. The highest BCUT2D eigenvalue weighted by atomic mass is 32.1. The highest BCUT2D eigenvalue weighted by Gasteiger charge is 2.34. The predicted octanol–water partition coefficient (Wildman–Crippen LogP) is 2.99. The van der Waals surface area contributed by atoms with Crippen molar-refractivity contribution in [2.75, 3.05) is 11.9 Å². The van der Waals surface area contributed by atoms with E-state index in [-0.39, 0.29) is 17.6 Å². The van der Waals surface area contributed by atoms with E-state index in [0.29, 0.717) is 30.1 Å². The van der Waals surface area contributed by atoms with Crippen LogP contribution in [0.4, 0.5) is 13.9 Å². The number of alkyl halides is 2. The molecule has 1 aliphatic rings. The quantitative estimate of drug-likeness (QED) is 0.882. The van der Waals surface area contributed by atoms with Crippen molar-refractivity contribution >= 4 is 28.3 Å². The van der Waals surface area contributed by atoms with Crippen molar-refractivity contribution in [1.29, 1.82) is 0 Å². The highest BCUT2D eigenvalue weighted by Crippen LogP contribution is 2.23. The Morgan fingerprint density at radius 1 is 1.32 bits per heavy atom. The van der Waals surface area contributed by atoms with E-state index < -0.39 is 12.7 Å². The van der Waals surface area contributed by atoms with Gasteiger partial charge in [-0.3, -0.25) is 9.59 Å². The number of nitrogens with one attached hydrogen (secondary N) is 1. The first kappa shape index (κ1) is 17.3. The minimum Gasteiger partial charge on any atom is -0.435 e. The van der Waals surface area contributed by atoms with Crippen LogP contribution in [0.2, 0.25) is 0 Å². The molecule has 1 N–H and O–H groups in total. The number of benzene rings is 1. The smallest absolute Gasteiger partial charge is 0.387 e. The monoisotopic (exact) mass is 367 g/mol. The molecule has 2 aromatic rings. The lowest BCUT2D eigenvalue weighted by atomic mass is 10.1. The molecular weight excluding hydrogens is 352 g/mol. The second kappa shape index (κ2) is 7.56. The molecule has 1 aliphatic heterocycles. The van der Waals surface area contributed by atoms with Gasteiger partial charge in [0.2, 0.25) is 5.91 Å². The maximum absolute atomic E-state index is 12.6. The summed E-state index contributed by atoms with van der Waals surface area (Å²) < 4.78 is 28.6. The summed E-state index contributed by atoms with van der Waals surface area (Å²) in [5.74, 6) is -0.620. The Bertz CT molecular complexity index is 738. The molecule has 25 heavy (non-hydrogen) atoms. The molecule has 1 fully saturated rings. The number of ether oxygens (including phenoxy) is 1. The minimum atomic E-state index is -2.92. The predicted molar refractivity (Wildman–Crippen MR) is 87.9 cm³/mol. The van der Waals surface area contributed by atoms with Crippen LogP contribution in [0, 0.1) is 0 Å². The van der Waals surface area contributed by atoms with Gasteiger partial charge in [-0.25, -0.2) is 4.98 Å². The number of aromatic nitrogens is 1. The molecule has 3 rings (SSSR count). The number of likely N-dealkylation sites (tertiary alicyclic amines) is 1. The molecule has 0 unspecified atom stereocenters. The third-order valence-electron chi connectivity index (χ3n) is 3.81. The van der Waals surface area contributed by atoms with Gasteiger partial charge in [-0.2, -0.15) is 8.78 Å². The van der Waals surface area contributed by atoms with E-state index in [2.05, 4.69) is 15.0 Å². The first-order valence-corrected chi connectivity index (χ1v) is 8.49. The summed E-state index contributed by atoms with van der Waals surface area (Å²) >= 11 is 1.30. The number of carbonyl (C=O) groups is 2. The van der Waals surface area contributed by atoms with Crippen LogP contribution in [0.15, 0.2) is 35.8 Å². The lowest BCUT2D eigenvalue weighted by molar-refractivity contribution is -0.119. The average Bonchev–Trinajstić information content (AvgIpc) is 3.25. The second-order valence-electron chi connectivity index (χ2n) is 5.39. The van der Waals surface area contributed by atoms with Crippen molar-refractivity contribution in [3.8, 4) is 5.75 Å². The van der Waals surface area contributed by atoms with E-state index in [4.69, 9.17) is 0 Å². The number of halogens is 2. The second-order valence-corrected chi connectivity index (χ2v) is 6.28. The number of hydrogen-bond acceptors (Lipinski definition) is 5. The van der Waals surface area contributed by atoms with Gasteiger partial charge in [0, 0.05) is 23.7 Å². The molecule has 1 aromatic carbocycles. The van der Waals surface area contributed by atoms with Crippen LogP contribution >= 0.6 is 11.3 Å². The molecular formula is C16H15F2N3O3S. The minimum absolute atomic E-state index is 0.0222. The maximum atomic E-state index is 12.6. The molecule has 1 aromatic heterocycles. The van der Waals surface area contributed by atoms with E-state index >= 15 is 0 Å². The van der Waals surface area contributed by atoms with Crippen molar-refractivity contribution in [3.63, 3.8) is 0 Å². The summed E-state index contributed by atoms with van der Waals surface area (Å²) in [6.07, 6.45) is 2.87. The number of carbonyl (C=O) groups excluding carboxylic acids is 2. The molecule has 6 nitrogen and oxygen atoms in total. The number of amides is 2. The number of rotatable bonds is 5. The normalized spacial score (nSPS) is 16.9. The summed E-state index contributed by atoms with van der Waals surface area (Å²) in [5, 5.41) is 4.93. The topological polar surface area (TPSA) is 71.5 Å². The number of hydrogen-bond donors (Lipinski definition) is 1. The maximum Gasteiger partial charge on any atom is 0.387 e. The van der Waals surface area contributed by atoms with Crippen LogP contribution in [0.5, 0.6) is 5.75 Å². The molecule has 2 amide bonds. The van der Waals surface area contributed by atoms with Crippen LogP contribution in [-0.4, -0.2) is 40.9 Å². The van der Waals surface area contributed by atoms with Gasteiger partial charge in [0.25, 0.3) is 5.91 Å². The van der Waals surface area contributed by atoms with E-state index in [1.807, 2.05) is 0 Å². The van der Waals surface area contributed by atoms with E-state index in [1.165, 1.54) is 40.5 Å². The molecule has 1 saturated heterocycles. The van der Waals surface area contributed by atoms with Crippen LogP contribution in [0.3, 0.4) is 0 Å². The molecule has 0 radical (unpaired) electrons. The first-order chi connectivity index (χ1) is 12.0. The summed E-state index contributed by atoms with van der Waals surface area (Å²) in [4.78, 5) is 30.5. The zero-order valence-corrected chi connectivity index (χ0v) is 13.8. The van der Waals surface area contributed by atoms with Crippen molar-refractivity contribution in [2.24, 2.45) is 0 Å². The van der Waals surface area contributed by atoms with Gasteiger partial charge in [0.1, 0.15) is 11.8 Å². The fraction of sp³-hybridized carbons (Fsp3) is 0.312. The van der Waals surface area contributed by atoms with Crippen molar-refractivity contribution < 1.29 is 23.1 Å². The number of thiazole rings is 1.